The SMILES string of the molecule is CC[C@H](C(=O)NC(C)(C)C)N(Cc1cccc(C)c1)C(=O)CCc1ccccc1Cl. The molecular formula is C25H33ClN2O2. The van der Waals surface area contributed by atoms with Gasteiger partial charge in [0, 0.05) is 23.5 Å². The molecule has 0 spiro atoms. The van der Waals surface area contributed by atoms with Crippen molar-refractivity contribution in [2.45, 2.75) is 72.0 Å². The van der Waals surface area contributed by atoms with Crippen LogP contribution >= 0.6 is 11.6 Å². The third-order valence-electron chi connectivity index (χ3n) is 4.89. The van der Waals surface area contributed by atoms with Gasteiger partial charge in [-0.25, -0.2) is 0 Å². The fourth-order valence-corrected chi connectivity index (χ4v) is 3.70. The van der Waals surface area contributed by atoms with Gasteiger partial charge in [-0.1, -0.05) is 66.6 Å². The highest BCUT2D eigenvalue weighted by atomic mass is 35.5. The molecule has 1 atom stereocenters. The lowest BCUT2D eigenvalue weighted by molar-refractivity contribution is -0.142. The van der Waals surface area contributed by atoms with Crippen molar-refractivity contribution in [3.8, 4) is 0 Å². The molecule has 0 unspecified atom stereocenters. The molecule has 2 aromatic rings. The van der Waals surface area contributed by atoms with Crippen LogP contribution in [0.4, 0.5) is 0 Å². The van der Waals surface area contributed by atoms with Gasteiger partial charge in [-0.2, -0.15) is 0 Å². The molecule has 2 amide bonds. The molecule has 0 radical (unpaired) electrons. The highest BCUT2D eigenvalue weighted by molar-refractivity contribution is 6.31. The Morgan fingerprint density at radius 1 is 1.10 bits per heavy atom. The minimum Gasteiger partial charge on any atom is -0.350 e. The molecule has 0 saturated carbocycles. The van der Waals surface area contributed by atoms with E-state index in [1.165, 1.54) is 0 Å². The lowest BCUT2D eigenvalue weighted by Crippen LogP contribution is -2.53. The van der Waals surface area contributed by atoms with Crippen molar-refractivity contribution in [2.75, 3.05) is 0 Å². The van der Waals surface area contributed by atoms with E-state index >= 15 is 0 Å². The van der Waals surface area contributed by atoms with Crippen molar-refractivity contribution in [1.82, 2.24) is 10.2 Å². The molecule has 0 aromatic heterocycles. The number of hydrogen-bond acceptors (Lipinski definition) is 2. The number of amides is 2. The molecule has 4 nitrogen and oxygen atoms in total. The molecule has 162 valence electrons. The Morgan fingerprint density at radius 3 is 2.40 bits per heavy atom. The molecule has 1 N–H and O–H groups in total. The summed E-state index contributed by atoms with van der Waals surface area (Å²) >= 11 is 6.26. The van der Waals surface area contributed by atoms with Gasteiger partial charge in [-0.05, 0) is 57.7 Å². The normalized spacial score (nSPS) is 12.3. The summed E-state index contributed by atoms with van der Waals surface area (Å²) in [5, 5.41) is 3.69. The lowest BCUT2D eigenvalue weighted by Gasteiger charge is -2.33. The Morgan fingerprint density at radius 2 is 1.80 bits per heavy atom. The topological polar surface area (TPSA) is 49.4 Å². The van der Waals surface area contributed by atoms with Crippen molar-refractivity contribution < 1.29 is 9.59 Å². The number of rotatable bonds is 8. The monoisotopic (exact) mass is 428 g/mol. The zero-order valence-electron chi connectivity index (χ0n) is 18.7. The van der Waals surface area contributed by atoms with Gasteiger partial charge in [-0.3, -0.25) is 9.59 Å². The first-order chi connectivity index (χ1) is 14.1. The van der Waals surface area contributed by atoms with Crippen molar-refractivity contribution in [2.24, 2.45) is 0 Å². The molecule has 2 rings (SSSR count). The molecule has 0 saturated heterocycles. The van der Waals surface area contributed by atoms with Crippen LogP contribution in [0.25, 0.3) is 0 Å². The van der Waals surface area contributed by atoms with Crippen molar-refractivity contribution >= 4 is 23.4 Å². The smallest absolute Gasteiger partial charge is 0.243 e. The van der Waals surface area contributed by atoms with Gasteiger partial charge in [-0.15, -0.1) is 0 Å². The summed E-state index contributed by atoms with van der Waals surface area (Å²) in [5.74, 6) is -0.170. The molecule has 0 heterocycles. The number of nitrogens with zero attached hydrogens (tertiary/aromatic N) is 1. The van der Waals surface area contributed by atoms with E-state index in [-0.39, 0.29) is 17.4 Å². The summed E-state index contributed by atoms with van der Waals surface area (Å²) in [4.78, 5) is 28.0. The largest absolute Gasteiger partial charge is 0.350 e. The molecule has 2 aromatic carbocycles. The number of benzene rings is 2. The third kappa shape index (κ3) is 7.17. The Balaban J connectivity index is 2.25. The van der Waals surface area contributed by atoms with Gasteiger partial charge in [0.15, 0.2) is 0 Å². The van der Waals surface area contributed by atoms with E-state index in [4.69, 9.17) is 11.6 Å². The van der Waals surface area contributed by atoms with Crippen LogP contribution in [-0.4, -0.2) is 28.3 Å². The summed E-state index contributed by atoms with van der Waals surface area (Å²) in [5.41, 5.74) is 2.72. The second-order valence-corrected chi connectivity index (χ2v) is 9.17. The maximum Gasteiger partial charge on any atom is 0.243 e. The van der Waals surface area contributed by atoms with Gasteiger partial charge < -0.3 is 10.2 Å². The molecule has 30 heavy (non-hydrogen) atoms. The highest BCUT2D eigenvalue weighted by Crippen LogP contribution is 2.20. The Labute approximate surface area is 185 Å². The minimum absolute atomic E-state index is 0.0488. The second kappa shape index (κ2) is 10.6. The first-order valence-electron chi connectivity index (χ1n) is 10.5. The van der Waals surface area contributed by atoms with E-state index in [1.807, 2.05) is 77.1 Å². The molecule has 0 aliphatic rings. The second-order valence-electron chi connectivity index (χ2n) is 8.77. The molecule has 0 aliphatic carbocycles. The van der Waals surface area contributed by atoms with Crippen LogP contribution in [-0.2, 0) is 22.6 Å². The number of nitrogens with one attached hydrogen (secondary N) is 1. The number of carbonyl (C=O) groups excluding carboxylic acids is 2. The summed E-state index contributed by atoms with van der Waals surface area (Å²) in [6.07, 6.45) is 1.39. The summed E-state index contributed by atoms with van der Waals surface area (Å²) in [6, 6.07) is 15.1. The van der Waals surface area contributed by atoms with Gasteiger partial charge in [0.05, 0.1) is 0 Å². The fourth-order valence-electron chi connectivity index (χ4n) is 3.47. The predicted molar refractivity (Wildman–Crippen MR) is 123 cm³/mol. The van der Waals surface area contributed by atoms with Crippen molar-refractivity contribution in [3.63, 3.8) is 0 Å². The van der Waals surface area contributed by atoms with Crippen molar-refractivity contribution in [3.05, 3.63) is 70.2 Å². The first kappa shape index (κ1) is 23.9. The Kier molecular flexibility index (Phi) is 8.48. The summed E-state index contributed by atoms with van der Waals surface area (Å²) in [6.45, 7) is 10.2. The summed E-state index contributed by atoms with van der Waals surface area (Å²) < 4.78 is 0. The molecular weight excluding hydrogens is 396 g/mol. The maximum atomic E-state index is 13.3. The van der Waals surface area contributed by atoms with E-state index in [0.29, 0.717) is 30.8 Å². The lowest BCUT2D eigenvalue weighted by atomic mass is 10.0. The van der Waals surface area contributed by atoms with Gasteiger partial charge >= 0.3 is 0 Å². The van der Waals surface area contributed by atoms with Crippen LogP contribution in [0.1, 0.15) is 57.2 Å². The zero-order chi connectivity index (χ0) is 22.3. The van der Waals surface area contributed by atoms with E-state index in [9.17, 15) is 9.59 Å². The molecule has 0 aliphatic heterocycles. The first-order valence-corrected chi connectivity index (χ1v) is 10.9. The average Bonchev–Trinajstić information content (AvgIpc) is 2.65. The van der Waals surface area contributed by atoms with Crippen molar-refractivity contribution in [1.29, 1.82) is 0 Å². The predicted octanol–water partition coefficient (Wildman–Crippen LogP) is 5.30. The van der Waals surface area contributed by atoms with Crippen LogP contribution < -0.4 is 5.32 Å². The van der Waals surface area contributed by atoms with Gasteiger partial charge in [0.1, 0.15) is 6.04 Å². The number of halogens is 1. The average molecular weight is 429 g/mol. The Bertz CT molecular complexity index is 873. The molecule has 0 fully saturated rings. The Hall–Kier alpha value is -2.33. The number of hydrogen-bond donors (Lipinski definition) is 1. The van der Waals surface area contributed by atoms with E-state index < -0.39 is 6.04 Å². The van der Waals surface area contributed by atoms with E-state index in [2.05, 4.69) is 11.4 Å². The van der Waals surface area contributed by atoms with E-state index in [1.54, 1.807) is 4.90 Å². The standard InChI is InChI=1S/C25H33ClN2O2/c1-6-22(24(30)27-25(3,4)5)28(17-19-11-9-10-18(2)16-19)23(29)15-14-20-12-7-8-13-21(20)26/h7-13,16,22H,6,14-15,17H2,1-5H3,(H,27,30)/t22-/m1/s1. The maximum absolute atomic E-state index is 13.3. The van der Waals surface area contributed by atoms with Gasteiger partial charge in [0.2, 0.25) is 11.8 Å². The van der Waals surface area contributed by atoms with Crippen LogP contribution in [0.5, 0.6) is 0 Å². The van der Waals surface area contributed by atoms with Crippen LogP contribution in [0.2, 0.25) is 5.02 Å². The van der Waals surface area contributed by atoms with Crippen LogP contribution in [0.15, 0.2) is 48.5 Å². The number of carbonyl (C=O) groups is 2. The molecule has 5 heteroatoms. The number of aryl methyl sites for hydroxylation is 2. The molecule has 0 bridgehead atoms. The third-order valence-corrected chi connectivity index (χ3v) is 5.25. The fraction of sp³-hybridized carbons (Fsp3) is 0.440. The zero-order valence-corrected chi connectivity index (χ0v) is 19.4. The van der Waals surface area contributed by atoms with E-state index in [0.717, 1.165) is 16.7 Å². The highest BCUT2D eigenvalue weighted by Gasteiger charge is 2.30. The minimum atomic E-state index is -0.525. The van der Waals surface area contributed by atoms with Gasteiger partial charge in [0.25, 0.3) is 0 Å². The van der Waals surface area contributed by atoms with Crippen LogP contribution in [0, 0.1) is 6.92 Å². The van der Waals surface area contributed by atoms with Crippen LogP contribution in [0.3, 0.4) is 0 Å². The summed E-state index contributed by atoms with van der Waals surface area (Å²) in [7, 11) is 0. The quantitative estimate of drug-likeness (QED) is 0.619.